The van der Waals surface area contributed by atoms with Crippen LogP contribution in [0.25, 0.3) is 0 Å². The molecule has 0 saturated carbocycles. The van der Waals surface area contributed by atoms with E-state index in [4.69, 9.17) is 5.11 Å². The van der Waals surface area contributed by atoms with Gasteiger partial charge >= 0.3 is 12.0 Å². The number of hydrogen-bond acceptors (Lipinski definition) is 2. The number of aliphatic carboxylic acids is 1. The van der Waals surface area contributed by atoms with Crippen LogP contribution in [0.5, 0.6) is 0 Å². The summed E-state index contributed by atoms with van der Waals surface area (Å²) in [7, 11) is 0. The van der Waals surface area contributed by atoms with Crippen molar-refractivity contribution < 1.29 is 14.7 Å². The van der Waals surface area contributed by atoms with E-state index in [0.717, 1.165) is 32.4 Å². The van der Waals surface area contributed by atoms with Gasteiger partial charge < -0.3 is 15.3 Å². The molecular formula is C14H26N2O3. The van der Waals surface area contributed by atoms with Gasteiger partial charge in [0.2, 0.25) is 0 Å². The molecule has 1 atom stereocenters. The van der Waals surface area contributed by atoms with Crippen LogP contribution in [0.2, 0.25) is 0 Å². The second kappa shape index (κ2) is 8.02. The molecular weight excluding hydrogens is 244 g/mol. The molecule has 2 N–H and O–H groups in total. The summed E-state index contributed by atoms with van der Waals surface area (Å²) in [5.74, 6) is 0.262. The highest BCUT2D eigenvalue weighted by Gasteiger charge is 2.26. The average Bonchev–Trinajstić information content (AvgIpc) is 2.80. The zero-order valence-corrected chi connectivity index (χ0v) is 12.0. The number of hydrogen-bond donors (Lipinski definition) is 2. The van der Waals surface area contributed by atoms with Gasteiger partial charge in [-0.3, -0.25) is 4.79 Å². The van der Waals surface area contributed by atoms with Crippen molar-refractivity contribution in [3.05, 3.63) is 0 Å². The fourth-order valence-corrected chi connectivity index (χ4v) is 2.40. The van der Waals surface area contributed by atoms with Crippen LogP contribution < -0.4 is 5.32 Å². The van der Waals surface area contributed by atoms with E-state index in [1.54, 1.807) is 0 Å². The second-order valence-corrected chi connectivity index (χ2v) is 5.80. The van der Waals surface area contributed by atoms with E-state index in [1.807, 2.05) is 4.90 Å². The zero-order chi connectivity index (χ0) is 14.3. The Morgan fingerprint density at radius 1 is 1.42 bits per heavy atom. The van der Waals surface area contributed by atoms with E-state index >= 15 is 0 Å². The third kappa shape index (κ3) is 6.45. The minimum Gasteiger partial charge on any atom is -0.481 e. The van der Waals surface area contributed by atoms with Crippen LogP contribution in [-0.4, -0.2) is 41.6 Å². The number of carboxylic acids is 1. The topological polar surface area (TPSA) is 69.6 Å². The summed E-state index contributed by atoms with van der Waals surface area (Å²) in [5, 5.41) is 11.6. The Labute approximate surface area is 115 Å². The SMILES string of the molecule is CC(C)CCCNC(=O)N1CCC(CCC(=O)O)C1. The van der Waals surface area contributed by atoms with Crippen molar-refractivity contribution in [1.29, 1.82) is 0 Å². The van der Waals surface area contributed by atoms with Crippen LogP contribution in [0.1, 0.15) is 46.0 Å². The van der Waals surface area contributed by atoms with Gasteiger partial charge in [0.15, 0.2) is 0 Å². The third-order valence-corrected chi connectivity index (χ3v) is 3.57. The van der Waals surface area contributed by atoms with Crippen LogP contribution >= 0.6 is 0 Å². The Kier molecular flexibility index (Phi) is 6.67. The molecule has 1 unspecified atom stereocenters. The zero-order valence-electron chi connectivity index (χ0n) is 12.0. The third-order valence-electron chi connectivity index (χ3n) is 3.57. The first-order valence-corrected chi connectivity index (χ1v) is 7.23. The molecule has 0 spiro atoms. The van der Waals surface area contributed by atoms with Gasteiger partial charge in [0, 0.05) is 26.1 Å². The number of urea groups is 1. The van der Waals surface area contributed by atoms with Crippen LogP contribution in [0.3, 0.4) is 0 Å². The Hall–Kier alpha value is -1.26. The maximum Gasteiger partial charge on any atom is 0.317 e. The van der Waals surface area contributed by atoms with Crippen molar-refractivity contribution in [2.45, 2.75) is 46.0 Å². The first kappa shape index (κ1) is 15.8. The Morgan fingerprint density at radius 3 is 2.79 bits per heavy atom. The van der Waals surface area contributed by atoms with Crippen molar-refractivity contribution in [3.63, 3.8) is 0 Å². The standard InChI is InChI=1S/C14H26N2O3/c1-11(2)4-3-8-15-14(19)16-9-7-12(10-16)5-6-13(17)18/h11-12H,3-10H2,1-2H3,(H,15,19)(H,17,18). The summed E-state index contributed by atoms with van der Waals surface area (Å²) < 4.78 is 0. The van der Waals surface area contributed by atoms with Crippen LogP contribution in [-0.2, 0) is 4.79 Å². The fraction of sp³-hybridized carbons (Fsp3) is 0.857. The lowest BCUT2D eigenvalue weighted by atomic mass is 10.0. The number of amides is 2. The monoisotopic (exact) mass is 270 g/mol. The number of likely N-dealkylation sites (tertiary alicyclic amines) is 1. The van der Waals surface area contributed by atoms with Gasteiger partial charge in [-0.25, -0.2) is 4.79 Å². The predicted molar refractivity (Wildman–Crippen MR) is 74.0 cm³/mol. The number of nitrogens with one attached hydrogen (secondary N) is 1. The minimum atomic E-state index is -0.753. The minimum absolute atomic E-state index is 0.00146. The van der Waals surface area contributed by atoms with E-state index in [2.05, 4.69) is 19.2 Å². The van der Waals surface area contributed by atoms with E-state index in [-0.39, 0.29) is 12.5 Å². The van der Waals surface area contributed by atoms with Gasteiger partial charge in [0.25, 0.3) is 0 Å². The largest absolute Gasteiger partial charge is 0.481 e. The quantitative estimate of drug-likeness (QED) is 0.697. The fourth-order valence-electron chi connectivity index (χ4n) is 2.40. The summed E-state index contributed by atoms with van der Waals surface area (Å²) >= 11 is 0. The van der Waals surface area contributed by atoms with Gasteiger partial charge in [-0.1, -0.05) is 13.8 Å². The van der Waals surface area contributed by atoms with Crippen molar-refractivity contribution in [3.8, 4) is 0 Å². The molecule has 0 aromatic heterocycles. The molecule has 1 saturated heterocycles. The van der Waals surface area contributed by atoms with Crippen LogP contribution in [0.15, 0.2) is 0 Å². The lowest BCUT2D eigenvalue weighted by Gasteiger charge is -2.17. The number of nitrogens with zero attached hydrogens (tertiary/aromatic N) is 1. The number of rotatable bonds is 7. The van der Waals surface area contributed by atoms with Crippen molar-refractivity contribution in [2.75, 3.05) is 19.6 Å². The molecule has 110 valence electrons. The van der Waals surface area contributed by atoms with Crippen molar-refractivity contribution in [2.24, 2.45) is 11.8 Å². The van der Waals surface area contributed by atoms with Gasteiger partial charge in [0.1, 0.15) is 0 Å². The van der Waals surface area contributed by atoms with Gasteiger partial charge in [-0.2, -0.15) is 0 Å². The average molecular weight is 270 g/mol. The maximum atomic E-state index is 11.9. The van der Waals surface area contributed by atoms with E-state index in [1.165, 1.54) is 0 Å². The summed E-state index contributed by atoms with van der Waals surface area (Å²) in [6.45, 7) is 6.53. The molecule has 1 aliphatic rings. The molecule has 0 bridgehead atoms. The van der Waals surface area contributed by atoms with Gasteiger partial charge in [-0.05, 0) is 37.5 Å². The Morgan fingerprint density at radius 2 is 2.16 bits per heavy atom. The Bertz CT molecular complexity index is 305. The van der Waals surface area contributed by atoms with E-state index in [9.17, 15) is 9.59 Å². The molecule has 5 heteroatoms. The second-order valence-electron chi connectivity index (χ2n) is 5.80. The summed E-state index contributed by atoms with van der Waals surface area (Å²) in [4.78, 5) is 24.2. The smallest absolute Gasteiger partial charge is 0.317 e. The summed E-state index contributed by atoms with van der Waals surface area (Å²) in [5.41, 5.74) is 0. The highest BCUT2D eigenvalue weighted by atomic mass is 16.4. The van der Waals surface area contributed by atoms with Crippen LogP contribution in [0, 0.1) is 11.8 Å². The summed E-state index contributed by atoms with van der Waals surface area (Å²) in [6, 6.07) is 0.00146. The molecule has 19 heavy (non-hydrogen) atoms. The molecule has 0 aromatic rings. The molecule has 1 heterocycles. The van der Waals surface area contributed by atoms with Crippen molar-refractivity contribution >= 4 is 12.0 Å². The molecule has 1 aliphatic heterocycles. The molecule has 1 rings (SSSR count). The Balaban J connectivity index is 2.15. The van der Waals surface area contributed by atoms with E-state index in [0.29, 0.717) is 24.8 Å². The van der Waals surface area contributed by atoms with E-state index < -0.39 is 5.97 Å². The van der Waals surface area contributed by atoms with Gasteiger partial charge in [-0.15, -0.1) is 0 Å². The molecule has 0 aliphatic carbocycles. The first-order valence-electron chi connectivity index (χ1n) is 7.23. The lowest BCUT2D eigenvalue weighted by Crippen LogP contribution is -2.39. The molecule has 2 amide bonds. The maximum absolute atomic E-state index is 11.9. The summed E-state index contributed by atoms with van der Waals surface area (Å²) in [6.07, 6.45) is 3.94. The molecule has 0 radical (unpaired) electrons. The lowest BCUT2D eigenvalue weighted by molar-refractivity contribution is -0.137. The highest BCUT2D eigenvalue weighted by molar-refractivity contribution is 5.74. The number of carboxylic acid groups (broad SMARTS) is 1. The normalized spacial score (nSPS) is 18.9. The van der Waals surface area contributed by atoms with Crippen molar-refractivity contribution in [1.82, 2.24) is 10.2 Å². The van der Waals surface area contributed by atoms with Crippen LogP contribution in [0.4, 0.5) is 4.79 Å². The number of carbonyl (C=O) groups excluding carboxylic acids is 1. The van der Waals surface area contributed by atoms with Gasteiger partial charge in [0.05, 0.1) is 0 Å². The number of carbonyl (C=O) groups is 2. The first-order chi connectivity index (χ1) is 8.99. The highest BCUT2D eigenvalue weighted by Crippen LogP contribution is 2.20. The predicted octanol–water partition coefficient (Wildman–Crippen LogP) is 2.32. The molecule has 5 nitrogen and oxygen atoms in total. The molecule has 0 aromatic carbocycles. The molecule has 1 fully saturated rings.